The van der Waals surface area contributed by atoms with Gasteiger partial charge in [0.15, 0.2) is 0 Å². The molecular weight excluding hydrogens is 306 g/mol. The first-order chi connectivity index (χ1) is 11.6. The van der Waals surface area contributed by atoms with E-state index >= 15 is 0 Å². The monoisotopic (exact) mass is 325 g/mol. The maximum absolute atomic E-state index is 12.6. The third-order valence-corrected chi connectivity index (χ3v) is 4.26. The van der Waals surface area contributed by atoms with Gasteiger partial charge in [0.2, 0.25) is 0 Å². The number of benzene rings is 2. The molecule has 2 aromatic carbocycles. The molecule has 0 bridgehead atoms. The van der Waals surface area contributed by atoms with E-state index in [1.54, 1.807) is 24.3 Å². The number of ether oxygens (including phenoxy) is 1. The maximum Gasteiger partial charge on any atom is 0.339 e. The van der Waals surface area contributed by atoms with Crippen molar-refractivity contribution in [2.24, 2.45) is 0 Å². The Morgan fingerprint density at radius 2 is 1.79 bits per heavy atom. The fourth-order valence-electron chi connectivity index (χ4n) is 3.08. The quantitative estimate of drug-likeness (QED) is 0.936. The number of hydrogen-bond acceptors (Lipinski definition) is 3. The number of hydrogen-bond donors (Lipinski definition) is 1. The molecule has 0 unspecified atom stereocenters. The number of carboxylic acids is 1. The van der Waals surface area contributed by atoms with Gasteiger partial charge in [0, 0.05) is 24.2 Å². The minimum atomic E-state index is -1.04. The zero-order chi connectivity index (χ0) is 17.1. The van der Waals surface area contributed by atoms with Crippen LogP contribution >= 0.6 is 0 Å². The Kier molecular flexibility index (Phi) is 4.51. The number of carbonyl (C=O) groups excluding carboxylic acids is 1. The topological polar surface area (TPSA) is 66.8 Å². The van der Waals surface area contributed by atoms with Gasteiger partial charge >= 0.3 is 5.97 Å². The first-order valence-corrected chi connectivity index (χ1v) is 7.92. The molecule has 1 aliphatic rings. The molecule has 5 nitrogen and oxygen atoms in total. The molecule has 1 heterocycles. The molecule has 1 aliphatic heterocycles. The normalized spacial score (nSPS) is 13.8. The molecule has 1 amide bonds. The Morgan fingerprint density at radius 1 is 1.08 bits per heavy atom. The molecule has 0 atom stereocenters. The van der Waals surface area contributed by atoms with Crippen molar-refractivity contribution < 1.29 is 19.4 Å². The molecule has 3 rings (SSSR count). The van der Waals surface area contributed by atoms with Gasteiger partial charge in [-0.25, -0.2) is 4.79 Å². The largest absolute Gasteiger partial charge is 0.495 e. The highest BCUT2D eigenvalue weighted by atomic mass is 16.5. The summed E-state index contributed by atoms with van der Waals surface area (Å²) in [4.78, 5) is 25.8. The van der Waals surface area contributed by atoms with Gasteiger partial charge in [-0.15, -0.1) is 0 Å². The first-order valence-electron chi connectivity index (χ1n) is 7.92. The van der Waals surface area contributed by atoms with Crippen molar-refractivity contribution in [3.63, 3.8) is 0 Å². The molecule has 1 saturated heterocycles. The average molecular weight is 325 g/mol. The van der Waals surface area contributed by atoms with Gasteiger partial charge in [0.05, 0.1) is 7.11 Å². The van der Waals surface area contributed by atoms with E-state index in [4.69, 9.17) is 4.74 Å². The van der Waals surface area contributed by atoms with Crippen molar-refractivity contribution in [1.29, 1.82) is 0 Å². The predicted octanol–water partition coefficient (Wildman–Crippen LogP) is 3.30. The van der Waals surface area contributed by atoms with Crippen LogP contribution in [-0.4, -0.2) is 42.1 Å². The van der Waals surface area contributed by atoms with E-state index < -0.39 is 5.97 Å². The average Bonchev–Trinajstić information content (AvgIpc) is 3.15. The van der Waals surface area contributed by atoms with Crippen LogP contribution in [0, 0.1) is 0 Å². The Hall–Kier alpha value is -2.82. The lowest BCUT2D eigenvalue weighted by Crippen LogP contribution is -2.27. The highest BCUT2D eigenvalue weighted by Crippen LogP contribution is 2.33. The van der Waals surface area contributed by atoms with Crippen LogP contribution in [0.15, 0.2) is 42.5 Å². The zero-order valence-corrected chi connectivity index (χ0v) is 13.5. The SMILES string of the molecule is COc1c(C(=O)O)cccc1-c1cccc(C(=O)N2CCCC2)c1. The standard InChI is InChI=1S/C19H19NO4/c1-24-17-15(8-5-9-16(17)19(22)23)13-6-4-7-14(12-13)18(21)20-10-2-3-11-20/h4-9,12H,2-3,10-11H2,1H3,(H,22,23). The van der Waals surface area contributed by atoms with Gasteiger partial charge in [-0.3, -0.25) is 4.79 Å². The lowest BCUT2D eigenvalue weighted by molar-refractivity contribution is 0.0692. The minimum absolute atomic E-state index is 0.0164. The van der Waals surface area contributed by atoms with Gasteiger partial charge < -0.3 is 14.7 Å². The Morgan fingerprint density at radius 3 is 2.46 bits per heavy atom. The van der Waals surface area contributed by atoms with Gasteiger partial charge in [-0.05, 0) is 36.6 Å². The van der Waals surface area contributed by atoms with Crippen LogP contribution in [0.2, 0.25) is 0 Å². The van der Waals surface area contributed by atoms with Crippen molar-refractivity contribution in [1.82, 2.24) is 4.90 Å². The second-order valence-electron chi connectivity index (χ2n) is 5.77. The fourth-order valence-corrected chi connectivity index (χ4v) is 3.08. The van der Waals surface area contributed by atoms with Crippen molar-refractivity contribution in [3.05, 3.63) is 53.6 Å². The summed E-state index contributed by atoms with van der Waals surface area (Å²) in [6, 6.07) is 12.2. The van der Waals surface area contributed by atoms with Crippen LogP contribution in [0.1, 0.15) is 33.6 Å². The van der Waals surface area contributed by atoms with E-state index in [0.717, 1.165) is 31.5 Å². The van der Waals surface area contributed by atoms with Crippen molar-refractivity contribution >= 4 is 11.9 Å². The fraction of sp³-hybridized carbons (Fsp3) is 0.263. The van der Waals surface area contributed by atoms with Crippen LogP contribution in [0.5, 0.6) is 5.75 Å². The first kappa shape index (κ1) is 16.1. The molecule has 1 fully saturated rings. The number of likely N-dealkylation sites (tertiary alicyclic amines) is 1. The van der Waals surface area contributed by atoms with E-state index in [-0.39, 0.29) is 11.5 Å². The second-order valence-corrected chi connectivity index (χ2v) is 5.77. The summed E-state index contributed by atoms with van der Waals surface area (Å²) < 4.78 is 5.32. The molecule has 5 heteroatoms. The van der Waals surface area contributed by atoms with Crippen LogP contribution in [0.25, 0.3) is 11.1 Å². The molecule has 0 aromatic heterocycles. The zero-order valence-electron chi connectivity index (χ0n) is 13.5. The summed E-state index contributed by atoms with van der Waals surface area (Å²) in [7, 11) is 1.45. The number of methoxy groups -OCH3 is 1. The third-order valence-electron chi connectivity index (χ3n) is 4.26. The number of amides is 1. The van der Waals surface area contributed by atoms with Gasteiger partial charge in [0.1, 0.15) is 11.3 Å². The van der Waals surface area contributed by atoms with Crippen molar-refractivity contribution in [2.45, 2.75) is 12.8 Å². The van der Waals surface area contributed by atoms with E-state index in [0.29, 0.717) is 16.9 Å². The van der Waals surface area contributed by atoms with E-state index in [9.17, 15) is 14.7 Å². The van der Waals surface area contributed by atoms with Crippen LogP contribution < -0.4 is 4.74 Å². The Balaban J connectivity index is 2.01. The number of rotatable bonds is 4. The van der Waals surface area contributed by atoms with Crippen molar-refractivity contribution in [3.8, 4) is 16.9 Å². The summed E-state index contributed by atoms with van der Waals surface area (Å²) in [5.74, 6) is -0.725. The number of nitrogens with zero attached hydrogens (tertiary/aromatic N) is 1. The number of para-hydroxylation sites is 1. The molecule has 0 radical (unpaired) electrons. The second kappa shape index (κ2) is 6.74. The van der Waals surface area contributed by atoms with Crippen LogP contribution in [-0.2, 0) is 0 Å². The molecule has 1 N–H and O–H groups in total. The summed E-state index contributed by atoms with van der Waals surface area (Å²) in [6.45, 7) is 1.59. The highest BCUT2D eigenvalue weighted by molar-refractivity contribution is 5.97. The summed E-state index contributed by atoms with van der Waals surface area (Å²) >= 11 is 0. The molecule has 0 spiro atoms. The van der Waals surface area contributed by atoms with E-state index in [1.165, 1.54) is 13.2 Å². The van der Waals surface area contributed by atoms with Gasteiger partial charge in [-0.2, -0.15) is 0 Å². The Bertz CT molecular complexity index is 779. The smallest absolute Gasteiger partial charge is 0.339 e. The van der Waals surface area contributed by atoms with Gasteiger partial charge in [-0.1, -0.05) is 24.3 Å². The summed E-state index contributed by atoms with van der Waals surface area (Å²) in [6.07, 6.45) is 2.08. The van der Waals surface area contributed by atoms with Gasteiger partial charge in [0.25, 0.3) is 5.91 Å². The lowest BCUT2D eigenvalue weighted by atomic mass is 9.99. The van der Waals surface area contributed by atoms with E-state index in [1.807, 2.05) is 17.0 Å². The third kappa shape index (κ3) is 2.97. The van der Waals surface area contributed by atoms with Crippen molar-refractivity contribution in [2.75, 3.05) is 20.2 Å². The number of carbonyl (C=O) groups is 2. The van der Waals surface area contributed by atoms with Crippen LogP contribution in [0.4, 0.5) is 0 Å². The predicted molar refractivity (Wildman–Crippen MR) is 90.5 cm³/mol. The molecule has 0 saturated carbocycles. The summed E-state index contributed by atoms with van der Waals surface area (Å²) in [5.41, 5.74) is 2.14. The Labute approximate surface area is 140 Å². The molecular formula is C19H19NO4. The molecule has 2 aromatic rings. The minimum Gasteiger partial charge on any atom is -0.495 e. The van der Waals surface area contributed by atoms with E-state index in [2.05, 4.69) is 0 Å². The molecule has 0 aliphatic carbocycles. The highest BCUT2D eigenvalue weighted by Gasteiger charge is 2.21. The molecule has 24 heavy (non-hydrogen) atoms. The maximum atomic E-state index is 12.6. The number of carboxylic acid groups (broad SMARTS) is 1. The van der Waals surface area contributed by atoms with Crippen LogP contribution in [0.3, 0.4) is 0 Å². The number of aromatic carboxylic acids is 1. The molecule has 124 valence electrons. The lowest BCUT2D eigenvalue weighted by Gasteiger charge is -2.16. The summed E-state index contributed by atoms with van der Waals surface area (Å²) in [5, 5.41) is 9.31.